The van der Waals surface area contributed by atoms with Gasteiger partial charge in [0.2, 0.25) is 5.91 Å². The Bertz CT molecular complexity index is 1230. The maximum Gasteiger partial charge on any atom is 0.418 e. The van der Waals surface area contributed by atoms with Crippen molar-refractivity contribution in [2.24, 2.45) is 5.92 Å². The summed E-state index contributed by atoms with van der Waals surface area (Å²) in [5, 5.41) is 9.80. The van der Waals surface area contributed by atoms with Gasteiger partial charge < -0.3 is 15.5 Å². The number of halogens is 3. The molecule has 0 fully saturated rings. The van der Waals surface area contributed by atoms with E-state index in [2.05, 4.69) is 15.7 Å². The number of amides is 3. The fourth-order valence-electron chi connectivity index (χ4n) is 3.65. The lowest BCUT2D eigenvalue weighted by atomic mass is 9.92. The molecule has 2 aromatic carbocycles. The van der Waals surface area contributed by atoms with Crippen molar-refractivity contribution >= 4 is 23.4 Å². The number of nitrogens with zero attached hydrogens (tertiary/aromatic N) is 3. The molecular weight excluding hydrogens is 483 g/mol. The average molecular weight is 516 g/mol. The van der Waals surface area contributed by atoms with Gasteiger partial charge >= 0.3 is 12.2 Å². The van der Waals surface area contributed by atoms with Crippen LogP contribution in [-0.4, -0.2) is 39.7 Å². The molecular formula is C27H32F3N5O2. The van der Waals surface area contributed by atoms with Crippen molar-refractivity contribution in [1.29, 1.82) is 0 Å². The largest absolute Gasteiger partial charge is 0.418 e. The van der Waals surface area contributed by atoms with Crippen LogP contribution in [-0.2, 0) is 16.4 Å². The van der Waals surface area contributed by atoms with Gasteiger partial charge in [-0.15, -0.1) is 0 Å². The van der Waals surface area contributed by atoms with Gasteiger partial charge in [0.25, 0.3) is 0 Å². The van der Waals surface area contributed by atoms with E-state index in [1.165, 1.54) is 23.1 Å². The van der Waals surface area contributed by atoms with Crippen molar-refractivity contribution in [3.8, 4) is 5.69 Å². The minimum absolute atomic E-state index is 0.0289. The number of para-hydroxylation sites is 2. The van der Waals surface area contributed by atoms with Crippen LogP contribution in [0.2, 0.25) is 0 Å². The zero-order valence-corrected chi connectivity index (χ0v) is 21.6. The Hall–Kier alpha value is -3.82. The molecule has 37 heavy (non-hydrogen) atoms. The predicted molar refractivity (Wildman–Crippen MR) is 138 cm³/mol. The van der Waals surface area contributed by atoms with Crippen molar-refractivity contribution in [3.05, 3.63) is 71.9 Å². The van der Waals surface area contributed by atoms with Crippen LogP contribution in [0.15, 0.2) is 60.7 Å². The first kappa shape index (κ1) is 27.8. The number of carbonyl (C=O) groups excluding carboxylic acids is 2. The monoisotopic (exact) mass is 515 g/mol. The third kappa shape index (κ3) is 7.34. The van der Waals surface area contributed by atoms with Gasteiger partial charge in [0.15, 0.2) is 0 Å². The second kappa shape index (κ2) is 11.1. The van der Waals surface area contributed by atoms with E-state index in [9.17, 15) is 22.8 Å². The quantitative estimate of drug-likeness (QED) is 0.387. The van der Waals surface area contributed by atoms with Crippen molar-refractivity contribution in [1.82, 2.24) is 14.7 Å². The third-order valence-corrected chi connectivity index (χ3v) is 5.43. The van der Waals surface area contributed by atoms with Gasteiger partial charge in [-0.05, 0) is 30.2 Å². The molecule has 0 unspecified atom stereocenters. The summed E-state index contributed by atoms with van der Waals surface area (Å²) < 4.78 is 41.8. The first-order valence-corrected chi connectivity index (χ1v) is 11.9. The minimum atomic E-state index is -4.63. The predicted octanol–water partition coefficient (Wildman–Crippen LogP) is 6.32. The average Bonchev–Trinajstić information content (AvgIpc) is 3.23. The molecule has 0 saturated heterocycles. The van der Waals surface area contributed by atoms with Crippen LogP contribution < -0.4 is 10.6 Å². The molecule has 7 nitrogen and oxygen atoms in total. The second-order valence-corrected chi connectivity index (χ2v) is 10.2. The first-order valence-electron chi connectivity index (χ1n) is 11.9. The summed E-state index contributed by atoms with van der Waals surface area (Å²) in [6, 6.07) is 15.0. The number of rotatable bonds is 7. The Balaban J connectivity index is 1.83. The smallest absolute Gasteiger partial charge is 0.315 e. The molecule has 2 N–H and O–H groups in total. The molecule has 0 aliphatic heterocycles. The molecule has 0 bridgehead atoms. The number of hydrogen-bond donors (Lipinski definition) is 2. The van der Waals surface area contributed by atoms with Crippen LogP contribution in [0.1, 0.15) is 45.9 Å². The standard InChI is InChI=1S/C27H32F3N5O2/c1-18(2)16-34(25(37)31-21-14-10-9-13-20(21)27(28,29)30)17-24(36)32-23-15-22(26(3,4)5)33-35(23)19-11-7-6-8-12-19/h6-15,18H,16-17H2,1-5H3,(H,31,37)(H,32,36). The van der Waals surface area contributed by atoms with Crippen LogP contribution in [0.25, 0.3) is 5.69 Å². The maximum absolute atomic E-state index is 13.4. The van der Waals surface area contributed by atoms with E-state index in [1.54, 1.807) is 10.7 Å². The number of carbonyl (C=O) groups is 2. The highest BCUT2D eigenvalue weighted by Gasteiger charge is 2.34. The summed E-state index contributed by atoms with van der Waals surface area (Å²) in [6.07, 6.45) is -4.63. The zero-order chi connectivity index (χ0) is 27.4. The fraction of sp³-hybridized carbons (Fsp3) is 0.370. The molecule has 0 saturated carbocycles. The van der Waals surface area contributed by atoms with Gasteiger partial charge in [0.05, 0.1) is 22.6 Å². The van der Waals surface area contributed by atoms with Gasteiger partial charge in [0.1, 0.15) is 12.4 Å². The summed E-state index contributed by atoms with van der Waals surface area (Å²) in [4.78, 5) is 27.3. The Labute approximate surface area is 214 Å². The Morgan fingerprint density at radius 3 is 2.19 bits per heavy atom. The number of aromatic nitrogens is 2. The topological polar surface area (TPSA) is 79.3 Å². The zero-order valence-electron chi connectivity index (χ0n) is 21.6. The maximum atomic E-state index is 13.4. The molecule has 0 aliphatic carbocycles. The van der Waals surface area contributed by atoms with Gasteiger partial charge in [-0.25, -0.2) is 9.48 Å². The van der Waals surface area contributed by atoms with E-state index < -0.39 is 23.7 Å². The number of nitrogens with one attached hydrogen (secondary N) is 2. The molecule has 0 aliphatic rings. The van der Waals surface area contributed by atoms with Crippen molar-refractivity contribution in [3.63, 3.8) is 0 Å². The Kier molecular flexibility index (Phi) is 8.30. The number of anilines is 2. The lowest BCUT2D eigenvalue weighted by Gasteiger charge is -2.25. The second-order valence-electron chi connectivity index (χ2n) is 10.2. The number of benzene rings is 2. The van der Waals surface area contributed by atoms with E-state index in [0.717, 1.165) is 17.4 Å². The molecule has 0 spiro atoms. The summed E-state index contributed by atoms with van der Waals surface area (Å²) in [7, 11) is 0. The van der Waals surface area contributed by atoms with E-state index >= 15 is 0 Å². The highest BCUT2D eigenvalue weighted by atomic mass is 19.4. The van der Waals surface area contributed by atoms with E-state index in [-0.39, 0.29) is 30.1 Å². The molecule has 10 heteroatoms. The SMILES string of the molecule is CC(C)CN(CC(=O)Nc1cc(C(C)(C)C)nn1-c1ccccc1)C(=O)Nc1ccccc1C(F)(F)F. The van der Waals surface area contributed by atoms with E-state index in [4.69, 9.17) is 0 Å². The molecule has 0 radical (unpaired) electrons. The fourth-order valence-corrected chi connectivity index (χ4v) is 3.65. The molecule has 0 atom stereocenters. The van der Waals surface area contributed by atoms with Crippen molar-refractivity contribution < 1.29 is 22.8 Å². The van der Waals surface area contributed by atoms with Crippen molar-refractivity contribution in [2.75, 3.05) is 23.7 Å². The molecule has 3 amide bonds. The van der Waals surface area contributed by atoms with Crippen LogP contribution in [0.5, 0.6) is 0 Å². The van der Waals surface area contributed by atoms with Crippen LogP contribution in [0.4, 0.5) is 29.5 Å². The van der Waals surface area contributed by atoms with Crippen LogP contribution in [0.3, 0.4) is 0 Å². The van der Waals surface area contributed by atoms with Gasteiger partial charge in [-0.1, -0.05) is 65.0 Å². The highest BCUT2D eigenvalue weighted by Crippen LogP contribution is 2.34. The van der Waals surface area contributed by atoms with Gasteiger partial charge in [-0.2, -0.15) is 18.3 Å². The first-order chi connectivity index (χ1) is 17.3. The van der Waals surface area contributed by atoms with Crippen LogP contribution >= 0.6 is 0 Å². The Morgan fingerprint density at radius 1 is 0.973 bits per heavy atom. The summed E-state index contributed by atoms with van der Waals surface area (Å²) in [6.45, 7) is 9.52. The molecule has 198 valence electrons. The van der Waals surface area contributed by atoms with E-state index in [1.807, 2.05) is 65.0 Å². The lowest BCUT2D eigenvalue weighted by molar-refractivity contribution is -0.137. The molecule has 3 rings (SSSR count). The normalized spacial score (nSPS) is 11.9. The number of hydrogen-bond acceptors (Lipinski definition) is 3. The summed E-state index contributed by atoms with van der Waals surface area (Å²) in [5.41, 5.74) is -0.111. The Morgan fingerprint density at radius 2 is 1.59 bits per heavy atom. The number of alkyl halides is 3. The van der Waals surface area contributed by atoms with Gasteiger partial charge in [0, 0.05) is 18.0 Å². The highest BCUT2D eigenvalue weighted by molar-refractivity contribution is 5.97. The van der Waals surface area contributed by atoms with Gasteiger partial charge in [-0.3, -0.25) is 4.79 Å². The lowest BCUT2D eigenvalue weighted by Crippen LogP contribution is -2.43. The van der Waals surface area contributed by atoms with E-state index in [0.29, 0.717) is 5.82 Å². The molecule has 1 heterocycles. The number of urea groups is 1. The molecule has 3 aromatic rings. The van der Waals surface area contributed by atoms with Crippen LogP contribution in [0, 0.1) is 5.92 Å². The van der Waals surface area contributed by atoms with Crippen molar-refractivity contribution in [2.45, 2.75) is 46.2 Å². The minimum Gasteiger partial charge on any atom is -0.315 e. The summed E-state index contributed by atoms with van der Waals surface area (Å²) in [5.74, 6) is -0.107. The molecule has 1 aromatic heterocycles. The summed E-state index contributed by atoms with van der Waals surface area (Å²) >= 11 is 0. The third-order valence-electron chi connectivity index (χ3n) is 5.43.